The van der Waals surface area contributed by atoms with E-state index >= 15 is 0 Å². The number of hydrogen-bond acceptors (Lipinski definition) is 3. The van der Waals surface area contributed by atoms with Gasteiger partial charge in [-0.05, 0) is 36.0 Å². The minimum atomic E-state index is -4.42. The van der Waals surface area contributed by atoms with Crippen LogP contribution < -0.4 is 15.9 Å². The van der Waals surface area contributed by atoms with Gasteiger partial charge < -0.3 is 4.55 Å². The standard InChI is InChI=1S/C18H15O3PS/c19-23(20,21)18-13-11-17(12-14-18)22(15-7-3-1-4-8-15)16-9-5-2-6-10-16/h1-14H,(H,19,20,21)/p-1. The van der Waals surface area contributed by atoms with Crippen molar-refractivity contribution < 1.29 is 13.0 Å². The van der Waals surface area contributed by atoms with Crippen LogP contribution in [0.2, 0.25) is 0 Å². The van der Waals surface area contributed by atoms with Gasteiger partial charge in [0.15, 0.2) is 0 Å². The van der Waals surface area contributed by atoms with E-state index in [2.05, 4.69) is 24.3 Å². The SMILES string of the molecule is O=S(=O)([O-])c1ccc(P(c2ccccc2)c2ccccc2)cc1. The van der Waals surface area contributed by atoms with E-state index in [1.54, 1.807) is 12.1 Å². The zero-order valence-electron chi connectivity index (χ0n) is 12.2. The summed E-state index contributed by atoms with van der Waals surface area (Å²) in [5, 5.41) is 3.35. The van der Waals surface area contributed by atoms with Gasteiger partial charge in [-0.1, -0.05) is 72.8 Å². The highest BCUT2D eigenvalue weighted by atomic mass is 32.2. The van der Waals surface area contributed by atoms with Gasteiger partial charge in [0.25, 0.3) is 0 Å². The first kappa shape index (κ1) is 15.9. The molecular formula is C18H14O3PS-. The summed E-state index contributed by atoms with van der Waals surface area (Å²) < 4.78 is 33.3. The Hall–Kier alpha value is -2.00. The fraction of sp³-hybridized carbons (Fsp3) is 0. The maximum Gasteiger partial charge on any atom is 0.124 e. The Morgan fingerprint density at radius 1 is 0.609 bits per heavy atom. The first-order valence-corrected chi connectivity index (χ1v) is 9.77. The van der Waals surface area contributed by atoms with Crippen LogP contribution in [0.15, 0.2) is 89.8 Å². The Labute approximate surface area is 137 Å². The number of rotatable bonds is 4. The summed E-state index contributed by atoms with van der Waals surface area (Å²) in [5.74, 6) is 0. The van der Waals surface area contributed by atoms with E-state index in [0.29, 0.717) is 0 Å². The Kier molecular flexibility index (Phi) is 4.58. The molecule has 3 rings (SSSR count). The monoisotopic (exact) mass is 341 g/mol. The molecule has 0 N–H and O–H groups in total. The second-order valence-corrected chi connectivity index (χ2v) is 8.55. The van der Waals surface area contributed by atoms with Gasteiger partial charge in [0.2, 0.25) is 0 Å². The molecule has 3 nitrogen and oxygen atoms in total. The van der Waals surface area contributed by atoms with Crippen molar-refractivity contribution >= 4 is 34.0 Å². The fourth-order valence-electron chi connectivity index (χ4n) is 2.36. The second kappa shape index (κ2) is 6.63. The lowest BCUT2D eigenvalue weighted by Crippen LogP contribution is -2.20. The van der Waals surface area contributed by atoms with E-state index in [0.717, 1.165) is 5.30 Å². The Balaban J connectivity index is 2.09. The molecule has 0 aromatic heterocycles. The Bertz CT molecular complexity index is 837. The molecule has 0 atom stereocenters. The van der Waals surface area contributed by atoms with Crippen molar-refractivity contribution in [3.63, 3.8) is 0 Å². The highest BCUT2D eigenvalue weighted by Gasteiger charge is 2.16. The van der Waals surface area contributed by atoms with Crippen molar-refractivity contribution in [2.45, 2.75) is 4.90 Å². The zero-order valence-corrected chi connectivity index (χ0v) is 13.9. The minimum absolute atomic E-state index is 0.197. The summed E-state index contributed by atoms with van der Waals surface area (Å²) >= 11 is 0. The quantitative estimate of drug-likeness (QED) is 0.541. The van der Waals surface area contributed by atoms with Crippen LogP contribution in [-0.4, -0.2) is 13.0 Å². The zero-order chi connectivity index (χ0) is 16.3. The van der Waals surface area contributed by atoms with Crippen molar-refractivity contribution in [1.82, 2.24) is 0 Å². The van der Waals surface area contributed by atoms with Crippen LogP contribution in [-0.2, 0) is 10.1 Å². The van der Waals surface area contributed by atoms with Gasteiger partial charge in [0.05, 0.1) is 4.90 Å². The van der Waals surface area contributed by atoms with Crippen molar-refractivity contribution in [3.8, 4) is 0 Å². The summed E-state index contributed by atoms with van der Waals surface area (Å²) in [6.07, 6.45) is 0. The van der Waals surface area contributed by atoms with Crippen LogP contribution in [0.4, 0.5) is 0 Å². The molecule has 0 aliphatic rings. The summed E-state index contributed by atoms with van der Waals surface area (Å²) in [5.41, 5.74) is 0. The van der Waals surface area contributed by atoms with E-state index in [4.69, 9.17) is 0 Å². The van der Waals surface area contributed by atoms with Crippen LogP contribution in [0, 0.1) is 0 Å². The number of benzene rings is 3. The summed E-state index contributed by atoms with van der Waals surface area (Å²) in [4.78, 5) is -0.197. The molecule has 0 aliphatic carbocycles. The molecule has 0 amide bonds. The van der Waals surface area contributed by atoms with Gasteiger partial charge >= 0.3 is 0 Å². The average molecular weight is 341 g/mol. The van der Waals surface area contributed by atoms with E-state index in [9.17, 15) is 13.0 Å². The number of hydrogen-bond donors (Lipinski definition) is 0. The molecule has 0 aliphatic heterocycles. The molecule has 3 aromatic rings. The molecule has 23 heavy (non-hydrogen) atoms. The molecule has 0 spiro atoms. The Morgan fingerprint density at radius 3 is 1.39 bits per heavy atom. The normalized spacial score (nSPS) is 11.6. The van der Waals surface area contributed by atoms with Crippen molar-refractivity contribution in [1.29, 1.82) is 0 Å². The first-order valence-electron chi connectivity index (χ1n) is 7.02. The van der Waals surface area contributed by atoms with Gasteiger partial charge in [0, 0.05) is 0 Å². The van der Waals surface area contributed by atoms with E-state index in [-0.39, 0.29) is 4.90 Å². The summed E-state index contributed by atoms with van der Waals surface area (Å²) in [6.45, 7) is 0. The van der Waals surface area contributed by atoms with Gasteiger partial charge in [-0.3, -0.25) is 0 Å². The predicted molar refractivity (Wildman–Crippen MR) is 93.1 cm³/mol. The van der Waals surface area contributed by atoms with Gasteiger partial charge in [-0.15, -0.1) is 0 Å². The minimum Gasteiger partial charge on any atom is -0.744 e. The molecule has 0 fully saturated rings. The van der Waals surface area contributed by atoms with Gasteiger partial charge in [0.1, 0.15) is 10.1 Å². The lowest BCUT2D eigenvalue weighted by Gasteiger charge is -2.19. The van der Waals surface area contributed by atoms with Crippen LogP contribution in [0.1, 0.15) is 0 Å². The first-order chi connectivity index (χ1) is 11.1. The molecule has 0 saturated carbocycles. The molecule has 0 radical (unpaired) electrons. The van der Waals surface area contributed by atoms with E-state index in [1.807, 2.05) is 36.4 Å². The molecule has 0 bridgehead atoms. The maximum atomic E-state index is 11.1. The summed E-state index contributed by atoms with van der Waals surface area (Å²) in [7, 11) is -5.21. The van der Waals surface area contributed by atoms with Crippen LogP contribution >= 0.6 is 7.92 Å². The molecule has 116 valence electrons. The maximum absolute atomic E-state index is 11.1. The average Bonchev–Trinajstić information content (AvgIpc) is 2.57. The topological polar surface area (TPSA) is 57.2 Å². The van der Waals surface area contributed by atoms with Crippen LogP contribution in [0.3, 0.4) is 0 Å². The van der Waals surface area contributed by atoms with Gasteiger partial charge in [-0.25, -0.2) is 8.42 Å². The fourth-order valence-corrected chi connectivity index (χ4v) is 5.11. The lowest BCUT2D eigenvalue weighted by atomic mass is 10.3. The van der Waals surface area contributed by atoms with Crippen molar-refractivity contribution in [3.05, 3.63) is 84.9 Å². The largest absolute Gasteiger partial charge is 0.744 e. The molecule has 3 aromatic carbocycles. The van der Waals surface area contributed by atoms with Crippen molar-refractivity contribution in [2.24, 2.45) is 0 Å². The second-order valence-electron chi connectivity index (χ2n) is 4.95. The molecule has 0 heterocycles. The third kappa shape index (κ3) is 3.67. The molecular weight excluding hydrogens is 327 g/mol. The third-order valence-corrected chi connectivity index (χ3v) is 6.71. The molecule has 0 saturated heterocycles. The van der Waals surface area contributed by atoms with Crippen LogP contribution in [0.5, 0.6) is 0 Å². The highest BCUT2D eigenvalue weighted by molar-refractivity contribution is 7.85. The lowest BCUT2D eigenvalue weighted by molar-refractivity contribution is 0.463. The summed E-state index contributed by atoms with van der Waals surface area (Å²) in [6, 6.07) is 26.4. The Morgan fingerprint density at radius 2 is 1.00 bits per heavy atom. The smallest absolute Gasteiger partial charge is 0.124 e. The van der Waals surface area contributed by atoms with E-state index < -0.39 is 18.0 Å². The van der Waals surface area contributed by atoms with Crippen LogP contribution in [0.25, 0.3) is 0 Å². The van der Waals surface area contributed by atoms with E-state index in [1.165, 1.54) is 22.7 Å². The highest BCUT2D eigenvalue weighted by Crippen LogP contribution is 2.32. The molecule has 5 heteroatoms. The third-order valence-electron chi connectivity index (χ3n) is 3.41. The predicted octanol–water partition coefficient (Wildman–Crippen LogP) is 2.35. The molecule has 0 unspecified atom stereocenters. The van der Waals surface area contributed by atoms with Gasteiger partial charge in [-0.2, -0.15) is 0 Å². The van der Waals surface area contributed by atoms with Crippen molar-refractivity contribution in [2.75, 3.05) is 0 Å².